The highest BCUT2D eigenvalue weighted by molar-refractivity contribution is 7.84. The summed E-state index contributed by atoms with van der Waals surface area (Å²) in [6.45, 7) is 0. The van der Waals surface area contributed by atoms with E-state index in [4.69, 9.17) is 5.73 Å². The highest BCUT2D eigenvalue weighted by atomic mass is 32.2. The van der Waals surface area contributed by atoms with Crippen molar-refractivity contribution >= 4 is 22.4 Å². The second-order valence-electron chi connectivity index (χ2n) is 7.27. The molecule has 1 amide bonds. The van der Waals surface area contributed by atoms with Crippen LogP contribution in [0.25, 0.3) is 0 Å². The molecule has 144 valence electrons. The lowest BCUT2D eigenvalue weighted by Crippen LogP contribution is -2.37. The van der Waals surface area contributed by atoms with Gasteiger partial charge in [0, 0.05) is 27.5 Å². The summed E-state index contributed by atoms with van der Waals surface area (Å²) in [6.07, 6.45) is 6.27. The number of rotatable bonds is 7. The first-order valence-electron chi connectivity index (χ1n) is 9.68. The van der Waals surface area contributed by atoms with Gasteiger partial charge in [0.25, 0.3) is 0 Å². The van der Waals surface area contributed by atoms with Gasteiger partial charge in [-0.25, -0.2) is 0 Å². The lowest BCUT2D eigenvalue weighted by atomic mass is 10.0. The van der Waals surface area contributed by atoms with Gasteiger partial charge >= 0.3 is 0 Å². The summed E-state index contributed by atoms with van der Waals surface area (Å²) in [5.41, 5.74) is 8.80. The van der Waals surface area contributed by atoms with Crippen LogP contribution in [0.15, 0.2) is 54.6 Å². The fourth-order valence-electron chi connectivity index (χ4n) is 3.54. The monoisotopic (exact) mass is 384 g/mol. The molecule has 3 rings (SSSR count). The normalized spacial score (nSPS) is 17.2. The lowest BCUT2D eigenvalue weighted by molar-refractivity contribution is -0.117. The molecule has 27 heavy (non-hydrogen) atoms. The van der Waals surface area contributed by atoms with Crippen LogP contribution in [-0.2, 0) is 27.8 Å². The molecular formula is C22H28N2O2S. The second-order valence-corrected chi connectivity index (χ2v) is 8.99. The first-order chi connectivity index (χ1) is 13.1. The van der Waals surface area contributed by atoms with Crippen LogP contribution in [0, 0.1) is 0 Å². The van der Waals surface area contributed by atoms with Crippen molar-refractivity contribution in [3.63, 3.8) is 0 Å². The van der Waals surface area contributed by atoms with Gasteiger partial charge in [0.05, 0.1) is 6.04 Å². The van der Waals surface area contributed by atoms with E-state index in [-0.39, 0.29) is 5.91 Å². The number of carbonyl (C=O) groups excluding carboxylic acids is 1. The molecular weight excluding hydrogens is 356 g/mol. The summed E-state index contributed by atoms with van der Waals surface area (Å²) < 4.78 is 12.6. The minimum absolute atomic E-state index is 0.204. The van der Waals surface area contributed by atoms with Crippen LogP contribution < -0.4 is 11.1 Å². The molecule has 0 aromatic heterocycles. The molecule has 1 fully saturated rings. The Labute approximate surface area is 164 Å². The Hall–Kier alpha value is -1.98. The van der Waals surface area contributed by atoms with Gasteiger partial charge in [0.1, 0.15) is 0 Å². The van der Waals surface area contributed by atoms with Crippen molar-refractivity contribution in [3.05, 3.63) is 65.7 Å². The Balaban J connectivity index is 1.56. The summed E-state index contributed by atoms with van der Waals surface area (Å²) in [6, 6.07) is 16.8. The van der Waals surface area contributed by atoms with Crippen LogP contribution in [-0.4, -0.2) is 21.4 Å². The average molecular weight is 385 g/mol. The number of hydrogen-bond acceptors (Lipinski definition) is 3. The van der Waals surface area contributed by atoms with Crippen molar-refractivity contribution < 1.29 is 9.00 Å². The van der Waals surface area contributed by atoms with E-state index in [1.54, 1.807) is 0 Å². The van der Waals surface area contributed by atoms with Gasteiger partial charge in [0.15, 0.2) is 0 Å². The van der Waals surface area contributed by atoms with Crippen molar-refractivity contribution in [1.29, 1.82) is 0 Å². The fraction of sp³-hybridized carbons (Fsp3) is 0.409. The number of carbonyl (C=O) groups is 1. The summed E-state index contributed by atoms with van der Waals surface area (Å²) in [4.78, 5) is 12.4. The molecule has 0 spiro atoms. The molecule has 2 aromatic carbocycles. The minimum atomic E-state index is -0.851. The second kappa shape index (κ2) is 9.81. The molecule has 0 aliphatic heterocycles. The molecule has 2 atom stereocenters. The molecule has 2 aromatic rings. The van der Waals surface area contributed by atoms with E-state index in [9.17, 15) is 9.00 Å². The van der Waals surface area contributed by atoms with Gasteiger partial charge in [-0.3, -0.25) is 9.00 Å². The van der Waals surface area contributed by atoms with Crippen LogP contribution in [0.5, 0.6) is 0 Å². The minimum Gasteiger partial charge on any atom is -0.325 e. The maximum atomic E-state index is 12.6. The molecule has 5 heteroatoms. The first kappa shape index (κ1) is 19.8. The van der Waals surface area contributed by atoms with Crippen molar-refractivity contribution in [2.45, 2.75) is 55.6 Å². The van der Waals surface area contributed by atoms with Crippen LogP contribution in [0.4, 0.5) is 5.69 Å². The van der Waals surface area contributed by atoms with Gasteiger partial charge in [-0.2, -0.15) is 0 Å². The van der Waals surface area contributed by atoms with Gasteiger partial charge < -0.3 is 11.1 Å². The number of benzene rings is 2. The first-order valence-corrected chi connectivity index (χ1v) is 11.1. The average Bonchev–Trinajstić information content (AvgIpc) is 2.69. The highest BCUT2D eigenvalue weighted by Crippen LogP contribution is 2.24. The number of nitrogens with one attached hydrogen (secondary N) is 1. The molecule has 1 unspecified atom stereocenters. The Bertz CT molecular complexity index is 773. The summed E-state index contributed by atoms with van der Waals surface area (Å²) in [5.74, 6) is 0.342. The number of hydrogen-bond donors (Lipinski definition) is 2. The summed E-state index contributed by atoms with van der Waals surface area (Å²) in [7, 11) is -0.851. The lowest BCUT2D eigenvalue weighted by Gasteiger charge is -2.21. The van der Waals surface area contributed by atoms with E-state index in [2.05, 4.69) is 5.32 Å². The van der Waals surface area contributed by atoms with E-state index >= 15 is 0 Å². The maximum Gasteiger partial charge on any atom is 0.241 e. The zero-order valence-electron chi connectivity index (χ0n) is 15.6. The molecule has 4 nitrogen and oxygen atoms in total. The third kappa shape index (κ3) is 6.01. The SMILES string of the molecule is N[C@@H](Cc1ccccc1)C(=O)Nc1cccc(CS(=O)C2CCCCC2)c1. The third-order valence-corrected chi connectivity index (χ3v) is 6.90. The highest BCUT2D eigenvalue weighted by Gasteiger charge is 2.20. The molecule has 0 radical (unpaired) electrons. The van der Waals surface area contributed by atoms with Crippen molar-refractivity contribution in [2.24, 2.45) is 5.73 Å². The maximum absolute atomic E-state index is 12.6. The molecule has 0 heterocycles. The van der Waals surface area contributed by atoms with E-state index in [0.29, 0.717) is 23.1 Å². The Kier molecular flexibility index (Phi) is 7.18. The summed E-state index contributed by atoms with van der Waals surface area (Å²) in [5, 5.41) is 3.21. The van der Waals surface area contributed by atoms with E-state index in [1.807, 2.05) is 54.6 Å². The van der Waals surface area contributed by atoms with Crippen molar-refractivity contribution in [2.75, 3.05) is 5.32 Å². The standard InChI is InChI=1S/C22H28N2O2S/c23-21(15-17-8-3-1-4-9-17)22(25)24-19-11-7-10-18(14-19)16-27(26)20-12-5-2-6-13-20/h1,3-4,7-11,14,20-21H,2,5-6,12-13,15-16,23H2,(H,24,25)/t21-,27?/m0/s1. The topological polar surface area (TPSA) is 72.2 Å². The van der Waals surface area contributed by atoms with Crippen LogP contribution in [0.3, 0.4) is 0 Å². The van der Waals surface area contributed by atoms with Crippen LogP contribution in [0.2, 0.25) is 0 Å². The quantitative estimate of drug-likeness (QED) is 0.763. The number of anilines is 1. The Morgan fingerprint density at radius 1 is 1.04 bits per heavy atom. The molecule has 0 saturated heterocycles. The van der Waals surface area contributed by atoms with Crippen molar-refractivity contribution in [3.8, 4) is 0 Å². The molecule has 0 bridgehead atoms. The van der Waals surface area contributed by atoms with Crippen LogP contribution >= 0.6 is 0 Å². The van der Waals surface area contributed by atoms with Gasteiger partial charge in [-0.1, -0.05) is 61.7 Å². The van der Waals surface area contributed by atoms with Gasteiger partial charge in [-0.15, -0.1) is 0 Å². The van der Waals surface area contributed by atoms with Gasteiger partial charge in [0.2, 0.25) is 5.91 Å². The molecule has 1 aliphatic rings. The smallest absolute Gasteiger partial charge is 0.241 e. The predicted molar refractivity (Wildman–Crippen MR) is 112 cm³/mol. The Morgan fingerprint density at radius 3 is 2.48 bits per heavy atom. The predicted octanol–water partition coefficient (Wildman–Crippen LogP) is 3.78. The fourth-order valence-corrected chi connectivity index (χ4v) is 5.15. The number of amides is 1. The third-order valence-electron chi connectivity index (χ3n) is 5.06. The molecule has 3 N–H and O–H groups in total. The van der Waals surface area contributed by atoms with Crippen molar-refractivity contribution in [1.82, 2.24) is 0 Å². The van der Waals surface area contributed by atoms with Gasteiger partial charge in [-0.05, 0) is 42.5 Å². The molecule has 1 aliphatic carbocycles. The largest absolute Gasteiger partial charge is 0.325 e. The Morgan fingerprint density at radius 2 is 1.74 bits per heavy atom. The zero-order valence-corrected chi connectivity index (χ0v) is 16.4. The number of nitrogens with two attached hydrogens (primary N) is 1. The van der Waals surface area contributed by atoms with E-state index in [0.717, 1.165) is 24.0 Å². The summed E-state index contributed by atoms with van der Waals surface area (Å²) >= 11 is 0. The van der Waals surface area contributed by atoms with Crippen LogP contribution in [0.1, 0.15) is 43.2 Å². The molecule has 1 saturated carbocycles. The van der Waals surface area contributed by atoms with E-state index < -0.39 is 16.8 Å². The zero-order chi connectivity index (χ0) is 19.1. The van der Waals surface area contributed by atoms with E-state index in [1.165, 1.54) is 19.3 Å².